The highest BCUT2D eigenvalue weighted by Gasteiger charge is 1.94. The van der Waals surface area contributed by atoms with Gasteiger partial charge in [-0.3, -0.25) is 0 Å². The van der Waals surface area contributed by atoms with Crippen LogP contribution in [0.5, 0.6) is 0 Å². The zero-order valence-electron chi connectivity index (χ0n) is 8.73. The fraction of sp³-hybridized carbons (Fsp3) is 0.333. The Hall–Kier alpha value is -1.82. The molecule has 1 rings (SSSR count). The molecule has 0 fully saturated rings. The van der Waals surface area contributed by atoms with Crippen molar-refractivity contribution in [2.45, 2.75) is 26.4 Å². The van der Waals surface area contributed by atoms with Gasteiger partial charge >= 0.3 is 0 Å². The van der Waals surface area contributed by atoms with Gasteiger partial charge in [0.2, 0.25) is 0 Å². The van der Waals surface area contributed by atoms with E-state index in [0.717, 1.165) is 18.4 Å². The minimum absolute atomic E-state index is 0.381. The van der Waals surface area contributed by atoms with Crippen molar-refractivity contribution < 1.29 is 4.84 Å². The molecule has 3 nitrogen and oxygen atoms in total. The summed E-state index contributed by atoms with van der Waals surface area (Å²) in [4.78, 5) is 5.03. The summed E-state index contributed by atoms with van der Waals surface area (Å²) in [7, 11) is 0. The minimum atomic E-state index is 0.381. The fourth-order valence-electron chi connectivity index (χ4n) is 1.04. The Labute approximate surface area is 90.0 Å². The Balaban J connectivity index is 2.41. The second-order valence-electron chi connectivity index (χ2n) is 3.09. The molecule has 0 N–H and O–H groups in total. The molecule has 0 atom stereocenters. The van der Waals surface area contributed by atoms with Gasteiger partial charge in [-0.05, 0) is 24.1 Å². The molecule has 0 bridgehead atoms. The summed E-state index contributed by atoms with van der Waals surface area (Å²) in [6.07, 6.45) is 4.59. The van der Waals surface area contributed by atoms with Crippen LogP contribution < -0.4 is 0 Å². The second kappa shape index (κ2) is 6.61. The molecule has 0 aliphatic carbocycles. The van der Waals surface area contributed by atoms with Gasteiger partial charge in [0, 0.05) is 0 Å². The molecule has 1 radical (unpaired) electrons. The Morgan fingerprint density at radius 1 is 1.47 bits per heavy atom. The van der Waals surface area contributed by atoms with Gasteiger partial charge in [0.25, 0.3) is 0 Å². The lowest BCUT2D eigenvalue weighted by molar-refractivity contribution is 0.131. The average molecular weight is 201 g/mol. The first-order valence-electron chi connectivity index (χ1n) is 4.90. The molecule has 0 heterocycles. The maximum Gasteiger partial charge on any atom is 0.142 e. The molecule has 0 saturated carbocycles. The third-order valence-corrected chi connectivity index (χ3v) is 1.78. The monoisotopic (exact) mass is 201 g/mol. The van der Waals surface area contributed by atoms with Gasteiger partial charge in [-0.15, -0.1) is 0 Å². The quantitative estimate of drug-likeness (QED) is 0.543. The molecule has 1 aromatic rings. The number of hydrogen-bond acceptors (Lipinski definition) is 3. The van der Waals surface area contributed by atoms with Crippen molar-refractivity contribution in [3.8, 4) is 6.07 Å². The molecule has 0 amide bonds. The molecule has 1 aromatic carbocycles. The topological polar surface area (TPSA) is 45.4 Å². The summed E-state index contributed by atoms with van der Waals surface area (Å²) in [6.45, 7) is 2.44. The Kier molecular flexibility index (Phi) is 4.96. The van der Waals surface area contributed by atoms with Gasteiger partial charge in [-0.2, -0.15) is 5.26 Å². The standard InChI is InChI=1S/C12H13N2O/c1-2-3-7-14-15-10-12-6-4-5-11(8-12)9-13/h4-6,8H,2-3,10H2,1H3. The van der Waals surface area contributed by atoms with Gasteiger partial charge in [0.05, 0.1) is 11.6 Å². The van der Waals surface area contributed by atoms with E-state index >= 15 is 0 Å². The van der Waals surface area contributed by atoms with E-state index in [1.807, 2.05) is 12.1 Å². The largest absolute Gasteiger partial charge is 0.391 e. The number of nitrogens with zero attached hydrogens (tertiary/aromatic N) is 2. The summed E-state index contributed by atoms with van der Waals surface area (Å²) >= 11 is 0. The van der Waals surface area contributed by atoms with E-state index in [0.29, 0.717) is 12.2 Å². The third-order valence-electron chi connectivity index (χ3n) is 1.78. The molecule has 0 spiro atoms. The first-order chi connectivity index (χ1) is 7.36. The lowest BCUT2D eigenvalue weighted by Gasteiger charge is -1.99. The van der Waals surface area contributed by atoms with Crippen LogP contribution in [0.4, 0.5) is 0 Å². The Morgan fingerprint density at radius 3 is 3.07 bits per heavy atom. The molecule has 0 saturated heterocycles. The van der Waals surface area contributed by atoms with Gasteiger partial charge in [0.15, 0.2) is 0 Å². The van der Waals surface area contributed by atoms with E-state index < -0.39 is 0 Å². The van der Waals surface area contributed by atoms with E-state index in [2.05, 4.69) is 24.4 Å². The van der Waals surface area contributed by atoms with Crippen molar-refractivity contribution in [2.24, 2.45) is 5.16 Å². The molecule has 15 heavy (non-hydrogen) atoms. The summed E-state index contributed by atoms with van der Waals surface area (Å²) in [6, 6.07) is 9.35. The number of benzene rings is 1. The van der Waals surface area contributed by atoms with Crippen LogP contribution in [0.15, 0.2) is 29.4 Å². The van der Waals surface area contributed by atoms with Crippen molar-refractivity contribution in [3.63, 3.8) is 0 Å². The number of rotatable bonds is 5. The lowest BCUT2D eigenvalue weighted by Crippen LogP contribution is -1.88. The highest BCUT2D eigenvalue weighted by atomic mass is 16.6. The van der Waals surface area contributed by atoms with Crippen molar-refractivity contribution >= 4 is 6.21 Å². The molecule has 0 aromatic heterocycles. The van der Waals surface area contributed by atoms with Crippen molar-refractivity contribution in [1.29, 1.82) is 5.26 Å². The fourth-order valence-corrected chi connectivity index (χ4v) is 1.04. The van der Waals surface area contributed by atoms with Gasteiger partial charge in [0.1, 0.15) is 12.8 Å². The van der Waals surface area contributed by atoms with Gasteiger partial charge in [-0.1, -0.05) is 30.6 Å². The molecule has 0 aliphatic heterocycles. The van der Waals surface area contributed by atoms with Crippen LogP contribution in [0.25, 0.3) is 0 Å². The zero-order valence-corrected chi connectivity index (χ0v) is 8.73. The highest BCUT2D eigenvalue weighted by Crippen LogP contribution is 2.05. The van der Waals surface area contributed by atoms with Gasteiger partial charge < -0.3 is 4.84 Å². The summed E-state index contributed by atoms with van der Waals surface area (Å²) < 4.78 is 0. The average Bonchev–Trinajstić information content (AvgIpc) is 2.29. The predicted molar refractivity (Wildman–Crippen MR) is 58.3 cm³/mol. The van der Waals surface area contributed by atoms with Crippen molar-refractivity contribution in [3.05, 3.63) is 35.4 Å². The van der Waals surface area contributed by atoms with Crippen LogP contribution in [-0.4, -0.2) is 6.21 Å². The molecule has 0 aliphatic rings. The normalized spacial score (nSPS) is 10.1. The molecular weight excluding hydrogens is 188 g/mol. The first kappa shape index (κ1) is 11.3. The first-order valence-corrected chi connectivity index (χ1v) is 4.90. The van der Waals surface area contributed by atoms with Crippen LogP contribution >= 0.6 is 0 Å². The molecule has 0 unspecified atom stereocenters. The van der Waals surface area contributed by atoms with E-state index in [4.69, 9.17) is 10.1 Å². The molecule has 77 valence electrons. The molecule has 3 heteroatoms. The second-order valence-corrected chi connectivity index (χ2v) is 3.09. The number of hydrogen-bond donors (Lipinski definition) is 0. The summed E-state index contributed by atoms with van der Waals surface area (Å²) in [5, 5.41) is 12.4. The van der Waals surface area contributed by atoms with E-state index in [1.54, 1.807) is 12.1 Å². The summed E-state index contributed by atoms with van der Waals surface area (Å²) in [5.41, 5.74) is 1.58. The Morgan fingerprint density at radius 2 is 2.33 bits per heavy atom. The van der Waals surface area contributed by atoms with Crippen molar-refractivity contribution in [2.75, 3.05) is 0 Å². The van der Waals surface area contributed by atoms with Crippen LogP contribution in [0.3, 0.4) is 0 Å². The minimum Gasteiger partial charge on any atom is -0.391 e. The SMILES string of the molecule is CCC/[C]=N/OCc1cccc(C#N)c1. The van der Waals surface area contributed by atoms with Crippen LogP contribution in [0.2, 0.25) is 0 Å². The predicted octanol–water partition coefficient (Wildman–Crippen LogP) is 2.74. The molecular formula is C12H13N2O. The van der Waals surface area contributed by atoms with Crippen LogP contribution in [-0.2, 0) is 11.4 Å². The summed E-state index contributed by atoms with van der Waals surface area (Å²) in [5.74, 6) is 0. The maximum atomic E-state index is 8.68. The highest BCUT2D eigenvalue weighted by molar-refractivity contribution is 5.55. The Bertz CT molecular complexity index is 366. The van der Waals surface area contributed by atoms with E-state index in [9.17, 15) is 0 Å². The smallest absolute Gasteiger partial charge is 0.142 e. The third kappa shape index (κ3) is 4.28. The van der Waals surface area contributed by atoms with Crippen LogP contribution in [0.1, 0.15) is 30.9 Å². The van der Waals surface area contributed by atoms with E-state index in [1.165, 1.54) is 0 Å². The van der Waals surface area contributed by atoms with Gasteiger partial charge in [-0.25, -0.2) is 0 Å². The zero-order chi connectivity index (χ0) is 10.9. The van der Waals surface area contributed by atoms with E-state index in [-0.39, 0.29) is 0 Å². The van der Waals surface area contributed by atoms with Crippen LogP contribution in [0, 0.1) is 11.3 Å². The lowest BCUT2D eigenvalue weighted by atomic mass is 10.1. The number of unbranched alkanes of at least 4 members (excludes halogenated alkanes) is 1. The maximum absolute atomic E-state index is 8.68. The number of nitriles is 1. The van der Waals surface area contributed by atoms with Crippen molar-refractivity contribution in [1.82, 2.24) is 0 Å².